The van der Waals surface area contributed by atoms with Gasteiger partial charge in [-0.3, -0.25) is 4.90 Å². The van der Waals surface area contributed by atoms with Crippen LogP contribution >= 0.6 is 0 Å². The van der Waals surface area contributed by atoms with Crippen LogP contribution < -0.4 is 0 Å². The zero-order chi connectivity index (χ0) is 9.03. The van der Waals surface area contributed by atoms with Crippen molar-refractivity contribution < 1.29 is 0 Å². The Balaban J connectivity index is 2.70. The molecule has 0 aromatic rings. The standard InChI is InChI=1S/C11H19N/c1-4-11(5-2,6-3)12-9-7-8-10-12/h1H,5-10H2,2-3H3. The first-order valence-electron chi connectivity index (χ1n) is 5.02. The highest BCUT2D eigenvalue weighted by Gasteiger charge is 2.32. The van der Waals surface area contributed by atoms with Crippen molar-refractivity contribution >= 4 is 0 Å². The molecule has 0 aromatic carbocycles. The van der Waals surface area contributed by atoms with E-state index in [0.29, 0.717) is 0 Å². The molecule has 1 heteroatoms. The van der Waals surface area contributed by atoms with Crippen LogP contribution in [0.2, 0.25) is 0 Å². The molecule has 0 N–H and O–H groups in total. The van der Waals surface area contributed by atoms with Gasteiger partial charge in [-0.2, -0.15) is 0 Å². The summed E-state index contributed by atoms with van der Waals surface area (Å²) < 4.78 is 0. The zero-order valence-electron chi connectivity index (χ0n) is 8.27. The number of hydrogen-bond acceptors (Lipinski definition) is 1. The maximum Gasteiger partial charge on any atom is 0.0817 e. The summed E-state index contributed by atoms with van der Waals surface area (Å²) in [4.78, 5) is 2.48. The molecule has 0 amide bonds. The van der Waals surface area contributed by atoms with Crippen LogP contribution in [-0.4, -0.2) is 23.5 Å². The lowest BCUT2D eigenvalue weighted by Gasteiger charge is -2.36. The van der Waals surface area contributed by atoms with Crippen LogP contribution in [-0.2, 0) is 0 Å². The maximum absolute atomic E-state index is 5.62. The van der Waals surface area contributed by atoms with Crippen molar-refractivity contribution in [2.75, 3.05) is 13.1 Å². The molecule has 0 saturated carbocycles. The topological polar surface area (TPSA) is 3.24 Å². The molecule has 0 bridgehead atoms. The summed E-state index contributed by atoms with van der Waals surface area (Å²) in [6.45, 7) is 6.79. The molecule has 0 aromatic heterocycles. The van der Waals surface area contributed by atoms with Crippen LogP contribution in [0.4, 0.5) is 0 Å². The van der Waals surface area contributed by atoms with Gasteiger partial charge in [0.25, 0.3) is 0 Å². The van der Waals surface area contributed by atoms with Crippen molar-refractivity contribution in [1.82, 2.24) is 4.90 Å². The summed E-state index contributed by atoms with van der Waals surface area (Å²) >= 11 is 0. The first-order chi connectivity index (χ1) is 5.79. The number of rotatable bonds is 3. The normalized spacial score (nSPS) is 19.4. The molecule has 12 heavy (non-hydrogen) atoms. The zero-order valence-corrected chi connectivity index (χ0v) is 8.27. The largest absolute Gasteiger partial charge is 0.287 e. The SMILES string of the molecule is C#CC(CC)(CC)N1CCCC1. The highest BCUT2D eigenvalue weighted by Crippen LogP contribution is 2.26. The van der Waals surface area contributed by atoms with Gasteiger partial charge >= 0.3 is 0 Å². The Bertz CT molecular complexity index is 168. The van der Waals surface area contributed by atoms with Gasteiger partial charge in [0.2, 0.25) is 0 Å². The van der Waals surface area contributed by atoms with E-state index in [1.165, 1.54) is 25.9 Å². The molecule has 1 aliphatic rings. The van der Waals surface area contributed by atoms with Gasteiger partial charge in [0.1, 0.15) is 0 Å². The van der Waals surface area contributed by atoms with Crippen molar-refractivity contribution in [3.63, 3.8) is 0 Å². The van der Waals surface area contributed by atoms with Crippen molar-refractivity contribution in [3.8, 4) is 12.3 Å². The third kappa shape index (κ3) is 1.49. The molecule has 0 radical (unpaired) electrons. The van der Waals surface area contributed by atoms with Crippen molar-refractivity contribution in [3.05, 3.63) is 0 Å². The van der Waals surface area contributed by atoms with Gasteiger partial charge in [-0.05, 0) is 38.8 Å². The molecule has 1 nitrogen and oxygen atoms in total. The van der Waals surface area contributed by atoms with Gasteiger partial charge in [-0.15, -0.1) is 6.42 Å². The number of nitrogens with zero attached hydrogens (tertiary/aromatic N) is 1. The van der Waals surface area contributed by atoms with E-state index in [9.17, 15) is 0 Å². The lowest BCUT2D eigenvalue weighted by Crippen LogP contribution is -2.45. The van der Waals surface area contributed by atoms with Crippen molar-refractivity contribution in [1.29, 1.82) is 0 Å². The lowest BCUT2D eigenvalue weighted by atomic mass is 9.92. The molecule has 0 atom stereocenters. The molecule has 0 spiro atoms. The average molecular weight is 165 g/mol. The van der Waals surface area contributed by atoms with Crippen LogP contribution in [0.5, 0.6) is 0 Å². The Hall–Kier alpha value is -0.480. The minimum absolute atomic E-state index is 0.0660. The predicted octanol–water partition coefficient (Wildman–Crippen LogP) is 2.27. The van der Waals surface area contributed by atoms with Crippen LogP contribution in [0.15, 0.2) is 0 Å². The fraction of sp³-hybridized carbons (Fsp3) is 0.818. The van der Waals surface area contributed by atoms with E-state index < -0.39 is 0 Å². The quantitative estimate of drug-likeness (QED) is 0.580. The Morgan fingerprint density at radius 3 is 2.08 bits per heavy atom. The maximum atomic E-state index is 5.62. The fourth-order valence-corrected chi connectivity index (χ4v) is 2.14. The van der Waals surface area contributed by atoms with Gasteiger partial charge in [0.05, 0.1) is 5.54 Å². The molecule has 68 valence electrons. The second kappa shape index (κ2) is 3.96. The summed E-state index contributed by atoms with van der Waals surface area (Å²) in [6.07, 6.45) is 10.4. The highest BCUT2D eigenvalue weighted by atomic mass is 15.2. The minimum atomic E-state index is 0.0660. The lowest BCUT2D eigenvalue weighted by molar-refractivity contribution is 0.165. The number of terminal acetylenes is 1. The smallest absolute Gasteiger partial charge is 0.0817 e. The Kier molecular flexibility index (Phi) is 3.17. The molecule has 1 heterocycles. The van der Waals surface area contributed by atoms with Gasteiger partial charge < -0.3 is 0 Å². The van der Waals surface area contributed by atoms with Gasteiger partial charge in [-0.25, -0.2) is 0 Å². The van der Waals surface area contributed by atoms with E-state index >= 15 is 0 Å². The molecule has 0 aliphatic carbocycles. The Morgan fingerprint density at radius 2 is 1.75 bits per heavy atom. The van der Waals surface area contributed by atoms with E-state index in [2.05, 4.69) is 24.7 Å². The summed E-state index contributed by atoms with van der Waals surface area (Å²) in [5, 5.41) is 0. The molecule has 1 aliphatic heterocycles. The second-order valence-electron chi connectivity index (χ2n) is 3.58. The van der Waals surface area contributed by atoms with Crippen LogP contribution in [0.3, 0.4) is 0 Å². The van der Waals surface area contributed by atoms with Gasteiger partial charge in [0.15, 0.2) is 0 Å². The summed E-state index contributed by atoms with van der Waals surface area (Å²) in [7, 11) is 0. The van der Waals surface area contributed by atoms with Gasteiger partial charge in [-0.1, -0.05) is 19.8 Å². The molecular formula is C11H19N. The van der Waals surface area contributed by atoms with E-state index in [1.807, 2.05) is 0 Å². The Morgan fingerprint density at radius 1 is 1.25 bits per heavy atom. The van der Waals surface area contributed by atoms with Crippen molar-refractivity contribution in [2.24, 2.45) is 0 Å². The van der Waals surface area contributed by atoms with Crippen LogP contribution in [0.25, 0.3) is 0 Å². The molecule has 0 unspecified atom stereocenters. The fourth-order valence-electron chi connectivity index (χ4n) is 2.14. The molecule has 1 saturated heterocycles. The van der Waals surface area contributed by atoms with E-state index in [0.717, 1.165) is 12.8 Å². The molecule has 1 rings (SSSR count). The average Bonchev–Trinajstić information content (AvgIpc) is 2.62. The monoisotopic (exact) mass is 165 g/mol. The first kappa shape index (κ1) is 9.61. The van der Waals surface area contributed by atoms with Crippen LogP contribution in [0, 0.1) is 12.3 Å². The molecule has 1 fully saturated rings. The van der Waals surface area contributed by atoms with Crippen LogP contribution in [0.1, 0.15) is 39.5 Å². The van der Waals surface area contributed by atoms with E-state index in [1.54, 1.807) is 0 Å². The number of likely N-dealkylation sites (tertiary alicyclic amines) is 1. The second-order valence-corrected chi connectivity index (χ2v) is 3.58. The predicted molar refractivity (Wildman–Crippen MR) is 53.0 cm³/mol. The van der Waals surface area contributed by atoms with E-state index in [-0.39, 0.29) is 5.54 Å². The third-order valence-corrected chi connectivity index (χ3v) is 3.15. The summed E-state index contributed by atoms with van der Waals surface area (Å²) in [6, 6.07) is 0. The minimum Gasteiger partial charge on any atom is -0.287 e. The van der Waals surface area contributed by atoms with Gasteiger partial charge in [0, 0.05) is 0 Å². The summed E-state index contributed by atoms with van der Waals surface area (Å²) in [5.74, 6) is 2.98. The third-order valence-electron chi connectivity index (χ3n) is 3.15. The number of hydrogen-bond donors (Lipinski definition) is 0. The molecular weight excluding hydrogens is 146 g/mol. The Labute approximate surface area is 76.1 Å². The highest BCUT2D eigenvalue weighted by molar-refractivity contribution is 5.13. The van der Waals surface area contributed by atoms with E-state index in [4.69, 9.17) is 6.42 Å². The summed E-state index contributed by atoms with van der Waals surface area (Å²) in [5.41, 5.74) is 0.0660. The first-order valence-corrected chi connectivity index (χ1v) is 5.02. The van der Waals surface area contributed by atoms with Crippen molar-refractivity contribution in [2.45, 2.75) is 45.1 Å².